The third-order valence-corrected chi connectivity index (χ3v) is 2.27. The summed E-state index contributed by atoms with van der Waals surface area (Å²) in [6, 6.07) is 7.97. The zero-order chi connectivity index (χ0) is 11.5. The number of rotatable bonds is 2. The summed E-state index contributed by atoms with van der Waals surface area (Å²) >= 11 is 0. The van der Waals surface area contributed by atoms with E-state index in [1.54, 1.807) is 0 Å². The molecule has 0 aliphatic carbocycles. The summed E-state index contributed by atoms with van der Waals surface area (Å²) in [6.45, 7) is 7.83. The SMILES string of the molecule is CCc1cccc(NC(=O)C(C)(C)C)c1. The van der Waals surface area contributed by atoms with E-state index < -0.39 is 0 Å². The van der Waals surface area contributed by atoms with Crippen molar-refractivity contribution in [3.63, 3.8) is 0 Å². The van der Waals surface area contributed by atoms with Gasteiger partial charge in [0, 0.05) is 11.1 Å². The molecule has 2 nitrogen and oxygen atoms in total. The second-order valence-electron chi connectivity index (χ2n) is 4.76. The lowest BCUT2D eigenvalue weighted by Crippen LogP contribution is -2.27. The Morgan fingerprint density at radius 1 is 1.33 bits per heavy atom. The minimum absolute atomic E-state index is 0.0516. The van der Waals surface area contributed by atoms with Gasteiger partial charge in [-0.05, 0) is 24.1 Å². The summed E-state index contributed by atoms with van der Waals surface area (Å²) in [6.07, 6.45) is 0.985. The Morgan fingerprint density at radius 2 is 2.00 bits per heavy atom. The maximum atomic E-state index is 11.7. The van der Waals surface area contributed by atoms with E-state index in [1.807, 2.05) is 39.0 Å². The number of amides is 1. The molecule has 0 unspecified atom stereocenters. The van der Waals surface area contributed by atoms with Crippen LogP contribution >= 0.6 is 0 Å². The molecule has 15 heavy (non-hydrogen) atoms. The number of nitrogens with one attached hydrogen (secondary N) is 1. The van der Waals surface area contributed by atoms with Crippen molar-refractivity contribution in [3.05, 3.63) is 29.8 Å². The van der Waals surface area contributed by atoms with E-state index in [0.29, 0.717) is 0 Å². The fourth-order valence-corrected chi connectivity index (χ4v) is 1.19. The van der Waals surface area contributed by atoms with Crippen LogP contribution in [0.4, 0.5) is 5.69 Å². The van der Waals surface area contributed by atoms with Gasteiger partial charge < -0.3 is 5.32 Å². The highest BCUT2D eigenvalue weighted by atomic mass is 16.2. The molecule has 0 saturated carbocycles. The van der Waals surface area contributed by atoms with E-state index in [-0.39, 0.29) is 11.3 Å². The normalized spacial score (nSPS) is 11.2. The van der Waals surface area contributed by atoms with Gasteiger partial charge in [-0.3, -0.25) is 4.79 Å². The van der Waals surface area contributed by atoms with Gasteiger partial charge >= 0.3 is 0 Å². The minimum Gasteiger partial charge on any atom is -0.326 e. The Balaban J connectivity index is 2.77. The van der Waals surface area contributed by atoms with Crippen LogP contribution < -0.4 is 5.32 Å². The molecule has 0 aromatic heterocycles. The standard InChI is InChI=1S/C13H19NO/c1-5-10-7-6-8-11(9-10)14-12(15)13(2,3)4/h6-9H,5H2,1-4H3,(H,14,15). The molecular formula is C13H19NO. The molecule has 0 aliphatic heterocycles. The van der Waals surface area contributed by atoms with Crippen LogP contribution in [-0.2, 0) is 11.2 Å². The van der Waals surface area contributed by atoms with Gasteiger partial charge in [-0.2, -0.15) is 0 Å². The molecule has 0 aliphatic rings. The van der Waals surface area contributed by atoms with Gasteiger partial charge in [-0.25, -0.2) is 0 Å². The molecule has 0 radical (unpaired) electrons. The fraction of sp³-hybridized carbons (Fsp3) is 0.462. The smallest absolute Gasteiger partial charge is 0.229 e. The zero-order valence-electron chi connectivity index (χ0n) is 9.92. The summed E-state index contributed by atoms with van der Waals surface area (Å²) in [5, 5.41) is 2.92. The molecule has 0 heterocycles. The van der Waals surface area contributed by atoms with Gasteiger partial charge in [0.25, 0.3) is 0 Å². The quantitative estimate of drug-likeness (QED) is 0.789. The lowest BCUT2D eigenvalue weighted by molar-refractivity contribution is -0.123. The number of hydrogen-bond donors (Lipinski definition) is 1. The molecular weight excluding hydrogens is 186 g/mol. The molecule has 0 fully saturated rings. The molecule has 2 heteroatoms. The van der Waals surface area contributed by atoms with Crippen LogP contribution in [0, 0.1) is 5.41 Å². The molecule has 1 aromatic rings. The van der Waals surface area contributed by atoms with Crippen molar-refractivity contribution < 1.29 is 4.79 Å². The number of carbonyl (C=O) groups excluding carboxylic acids is 1. The summed E-state index contributed by atoms with van der Waals surface area (Å²) < 4.78 is 0. The molecule has 0 atom stereocenters. The maximum Gasteiger partial charge on any atom is 0.229 e. The van der Waals surface area contributed by atoms with Crippen molar-refractivity contribution in [1.29, 1.82) is 0 Å². The van der Waals surface area contributed by atoms with Crippen molar-refractivity contribution >= 4 is 11.6 Å². The number of carbonyl (C=O) groups is 1. The van der Waals surface area contributed by atoms with E-state index >= 15 is 0 Å². The van der Waals surface area contributed by atoms with Crippen molar-refractivity contribution in [2.45, 2.75) is 34.1 Å². The molecule has 1 rings (SSSR count). The molecule has 1 aromatic carbocycles. The van der Waals surface area contributed by atoms with Gasteiger partial charge in [-0.1, -0.05) is 39.8 Å². The van der Waals surface area contributed by atoms with Crippen LogP contribution in [0.1, 0.15) is 33.3 Å². The van der Waals surface area contributed by atoms with Crippen LogP contribution in [0.3, 0.4) is 0 Å². The third-order valence-electron chi connectivity index (χ3n) is 2.27. The first kappa shape index (κ1) is 11.8. The lowest BCUT2D eigenvalue weighted by Gasteiger charge is -2.17. The highest BCUT2D eigenvalue weighted by Crippen LogP contribution is 2.18. The fourth-order valence-electron chi connectivity index (χ4n) is 1.19. The van der Waals surface area contributed by atoms with Crippen molar-refractivity contribution in [1.82, 2.24) is 0 Å². The minimum atomic E-state index is -0.345. The molecule has 0 saturated heterocycles. The van der Waals surface area contributed by atoms with E-state index in [2.05, 4.69) is 18.3 Å². The zero-order valence-corrected chi connectivity index (χ0v) is 9.92. The van der Waals surface area contributed by atoms with Gasteiger partial charge in [-0.15, -0.1) is 0 Å². The van der Waals surface area contributed by atoms with Crippen LogP contribution in [0.25, 0.3) is 0 Å². The highest BCUT2D eigenvalue weighted by Gasteiger charge is 2.20. The number of aryl methyl sites for hydroxylation is 1. The second kappa shape index (κ2) is 4.47. The summed E-state index contributed by atoms with van der Waals surface area (Å²) in [4.78, 5) is 11.7. The first-order valence-electron chi connectivity index (χ1n) is 5.34. The van der Waals surface area contributed by atoms with Crippen LogP contribution in [0.5, 0.6) is 0 Å². The molecule has 0 bridgehead atoms. The molecule has 82 valence electrons. The summed E-state index contributed by atoms with van der Waals surface area (Å²) in [7, 11) is 0. The first-order chi connectivity index (χ1) is 6.93. The van der Waals surface area contributed by atoms with E-state index in [4.69, 9.17) is 0 Å². The Labute approximate surface area is 91.7 Å². The Hall–Kier alpha value is -1.31. The van der Waals surface area contributed by atoms with Gasteiger partial charge in [0.2, 0.25) is 5.91 Å². The Kier molecular flexibility index (Phi) is 3.51. The average Bonchev–Trinajstić information content (AvgIpc) is 2.16. The Bertz CT molecular complexity index is 350. The van der Waals surface area contributed by atoms with E-state index in [0.717, 1.165) is 12.1 Å². The monoisotopic (exact) mass is 205 g/mol. The predicted octanol–water partition coefficient (Wildman–Crippen LogP) is 3.23. The van der Waals surface area contributed by atoms with Gasteiger partial charge in [0.1, 0.15) is 0 Å². The van der Waals surface area contributed by atoms with Gasteiger partial charge in [0.05, 0.1) is 0 Å². The van der Waals surface area contributed by atoms with Crippen molar-refractivity contribution in [2.24, 2.45) is 5.41 Å². The number of hydrogen-bond acceptors (Lipinski definition) is 1. The highest BCUT2D eigenvalue weighted by molar-refractivity contribution is 5.94. The first-order valence-corrected chi connectivity index (χ1v) is 5.34. The predicted molar refractivity (Wildman–Crippen MR) is 63.9 cm³/mol. The van der Waals surface area contributed by atoms with Gasteiger partial charge in [0.15, 0.2) is 0 Å². The van der Waals surface area contributed by atoms with Crippen LogP contribution in [0.15, 0.2) is 24.3 Å². The lowest BCUT2D eigenvalue weighted by atomic mass is 9.95. The summed E-state index contributed by atoms with van der Waals surface area (Å²) in [5.41, 5.74) is 1.78. The third kappa shape index (κ3) is 3.39. The largest absolute Gasteiger partial charge is 0.326 e. The second-order valence-corrected chi connectivity index (χ2v) is 4.76. The van der Waals surface area contributed by atoms with Crippen LogP contribution in [-0.4, -0.2) is 5.91 Å². The summed E-state index contributed by atoms with van der Waals surface area (Å²) in [5.74, 6) is 0.0516. The van der Waals surface area contributed by atoms with E-state index in [9.17, 15) is 4.79 Å². The van der Waals surface area contributed by atoms with Crippen molar-refractivity contribution in [3.8, 4) is 0 Å². The number of benzene rings is 1. The van der Waals surface area contributed by atoms with Crippen molar-refractivity contribution in [2.75, 3.05) is 5.32 Å². The molecule has 0 spiro atoms. The number of anilines is 1. The topological polar surface area (TPSA) is 29.1 Å². The maximum absolute atomic E-state index is 11.7. The van der Waals surface area contributed by atoms with Crippen LogP contribution in [0.2, 0.25) is 0 Å². The molecule has 1 amide bonds. The molecule has 1 N–H and O–H groups in total. The average molecular weight is 205 g/mol. The Morgan fingerprint density at radius 3 is 2.53 bits per heavy atom. The van der Waals surface area contributed by atoms with E-state index in [1.165, 1.54) is 5.56 Å².